The molecule has 1 unspecified atom stereocenters. The minimum absolute atomic E-state index is 0.0623. The number of likely N-dealkylation sites (N-methyl/N-ethyl adjacent to an activating group) is 1. The highest BCUT2D eigenvalue weighted by atomic mass is 16.2. The fraction of sp³-hybridized carbons (Fsp3) is 0.462. The van der Waals surface area contributed by atoms with Gasteiger partial charge in [0.2, 0.25) is 5.91 Å². The average molecular weight is 218 g/mol. The third-order valence-electron chi connectivity index (χ3n) is 3.14. The molecule has 0 radical (unpaired) electrons. The van der Waals surface area contributed by atoms with Crippen molar-refractivity contribution in [2.75, 3.05) is 12.4 Å². The molecule has 0 spiro atoms. The molecule has 3 nitrogen and oxygen atoms in total. The second kappa shape index (κ2) is 4.26. The molecule has 1 atom stereocenters. The second-order valence-corrected chi connectivity index (χ2v) is 4.61. The van der Waals surface area contributed by atoms with Crippen molar-refractivity contribution in [1.82, 2.24) is 5.32 Å². The zero-order valence-electron chi connectivity index (χ0n) is 10.0. The maximum Gasteiger partial charge on any atom is 0.241 e. The molecule has 1 amide bonds. The molecule has 3 heteroatoms. The van der Waals surface area contributed by atoms with Crippen molar-refractivity contribution in [2.24, 2.45) is 0 Å². The van der Waals surface area contributed by atoms with Crippen molar-refractivity contribution in [3.05, 3.63) is 29.3 Å². The van der Waals surface area contributed by atoms with Gasteiger partial charge in [-0.3, -0.25) is 4.79 Å². The van der Waals surface area contributed by atoms with Crippen LogP contribution in [0.5, 0.6) is 0 Å². The van der Waals surface area contributed by atoms with Crippen LogP contribution >= 0.6 is 0 Å². The number of hydrogen-bond acceptors (Lipinski definition) is 2. The van der Waals surface area contributed by atoms with Gasteiger partial charge in [0.1, 0.15) is 0 Å². The SMILES string of the molecule is CNC1Cc2cc(C(C)C)ccc2NC1=O. The lowest BCUT2D eigenvalue weighted by molar-refractivity contribution is -0.118. The van der Waals surface area contributed by atoms with Crippen LogP contribution in [0.3, 0.4) is 0 Å². The standard InChI is InChI=1S/C13H18N2O/c1-8(2)9-4-5-11-10(6-9)7-12(14-3)13(16)15-11/h4-6,8,12,14H,7H2,1-3H3,(H,15,16). The molecule has 1 aromatic rings. The summed E-state index contributed by atoms with van der Waals surface area (Å²) >= 11 is 0. The predicted molar refractivity (Wildman–Crippen MR) is 65.7 cm³/mol. The smallest absolute Gasteiger partial charge is 0.241 e. The Labute approximate surface area is 96.2 Å². The molecule has 0 aromatic heterocycles. The highest BCUT2D eigenvalue weighted by molar-refractivity contribution is 5.98. The predicted octanol–water partition coefficient (Wildman–Crippen LogP) is 1.89. The maximum absolute atomic E-state index is 11.6. The van der Waals surface area contributed by atoms with Gasteiger partial charge in [-0.25, -0.2) is 0 Å². The van der Waals surface area contributed by atoms with Crippen LogP contribution in [0.4, 0.5) is 5.69 Å². The number of carbonyl (C=O) groups excluding carboxylic acids is 1. The molecule has 1 aliphatic rings. The average Bonchev–Trinajstić information content (AvgIpc) is 2.27. The Balaban J connectivity index is 2.33. The third-order valence-corrected chi connectivity index (χ3v) is 3.14. The van der Waals surface area contributed by atoms with Crippen LogP contribution in [0.25, 0.3) is 0 Å². The number of carbonyl (C=O) groups is 1. The van der Waals surface area contributed by atoms with E-state index in [2.05, 4.69) is 36.6 Å². The molecule has 0 aliphatic carbocycles. The topological polar surface area (TPSA) is 41.1 Å². The molecule has 2 rings (SSSR count). The first-order chi connectivity index (χ1) is 7.61. The van der Waals surface area contributed by atoms with Crippen LogP contribution in [0.15, 0.2) is 18.2 Å². The summed E-state index contributed by atoms with van der Waals surface area (Å²) in [5.41, 5.74) is 3.51. The van der Waals surface area contributed by atoms with E-state index in [4.69, 9.17) is 0 Å². The van der Waals surface area contributed by atoms with E-state index in [1.54, 1.807) is 0 Å². The minimum Gasteiger partial charge on any atom is -0.324 e. The number of fused-ring (bicyclic) bond motifs is 1. The summed E-state index contributed by atoms with van der Waals surface area (Å²) in [6.45, 7) is 4.36. The van der Waals surface area contributed by atoms with Crippen molar-refractivity contribution >= 4 is 11.6 Å². The second-order valence-electron chi connectivity index (χ2n) is 4.61. The number of amides is 1. The van der Waals surface area contributed by atoms with Crippen molar-refractivity contribution in [1.29, 1.82) is 0 Å². The summed E-state index contributed by atoms with van der Waals surface area (Å²) in [6.07, 6.45) is 0.776. The number of anilines is 1. The fourth-order valence-electron chi connectivity index (χ4n) is 2.03. The van der Waals surface area contributed by atoms with Gasteiger partial charge in [0.25, 0.3) is 0 Å². The number of benzene rings is 1. The number of rotatable bonds is 2. The molecular formula is C13H18N2O. The fourth-order valence-corrected chi connectivity index (χ4v) is 2.03. The van der Waals surface area contributed by atoms with Crippen LogP contribution in [-0.2, 0) is 11.2 Å². The quantitative estimate of drug-likeness (QED) is 0.796. The Kier molecular flexibility index (Phi) is 2.97. The minimum atomic E-state index is -0.102. The Bertz CT molecular complexity index is 412. The van der Waals surface area contributed by atoms with Gasteiger partial charge in [-0.1, -0.05) is 26.0 Å². The first kappa shape index (κ1) is 11.1. The number of hydrogen-bond donors (Lipinski definition) is 2. The van der Waals surface area contributed by atoms with E-state index in [-0.39, 0.29) is 11.9 Å². The summed E-state index contributed by atoms with van der Waals surface area (Å²) in [7, 11) is 1.82. The zero-order valence-corrected chi connectivity index (χ0v) is 10.0. The van der Waals surface area contributed by atoms with E-state index >= 15 is 0 Å². The van der Waals surface area contributed by atoms with Crippen LogP contribution < -0.4 is 10.6 Å². The molecule has 1 aliphatic heterocycles. The van der Waals surface area contributed by atoms with E-state index in [9.17, 15) is 4.79 Å². The lowest BCUT2D eigenvalue weighted by Crippen LogP contribution is -2.43. The van der Waals surface area contributed by atoms with Crippen molar-refractivity contribution in [2.45, 2.75) is 32.2 Å². The third kappa shape index (κ3) is 1.95. The summed E-state index contributed by atoms with van der Waals surface area (Å²) in [5, 5.41) is 5.96. The normalized spacial score (nSPS) is 19.5. The first-order valence-electron chi connectivity index (χ1n) is 5.72. The largest absolute Gasteiger partial charge is 0.324 e. The zero-order chi connectivity index (χ0) is 11.7. The van der Waals surface area contributed by atoms with Crippen molar-refractivity contribution < 1.29 is 4.79 Å². The summed E-state index contributed by atoms with van der Waals surface area (Å²) in [6, 6.07) is 6.19. The Morgan fingerprint density at radius 1 is 1.44 bits per heavy atom. The molecule has 86 valence electrons. The Morgan fingerprint density at radius 3 is 2.81 bits per heavy atom. The maximum atomic E-state index is 11.6. The van der Waals surface area contributed by atoms with Crippen LogP contribution in [0.2, 0.25) is 0 Å². The Hall–Kier alpha value is -1.35. The van der Waals surface area contributed by atoms with E-state index < -0.39 is 0 Å². The van der Waals surface area contributed by atoms with E-state index in [1.807, 2.05) is 13.1 Å². The molecule has 0 saturated heterocycles. The number of nitrogens with one attached hydrogen (secondary N) is 2. The highest BCUT2D eigenvalue weighted by Gasteiger charge is 2.24. The van der Waals surface area contributed by atoms with Crippen LogP contribution in [0.1, 0.15) is 30.9 Å². The molecule has 16 heavy (non-hydrogen) atoms. The molecule has 0 bridgehead atoms. The van der Waals surface area contributed by atoms with E-state index in [0.717, 1.165) is 12.1 Å². The molecule has 1 heterocycles. The lowest BCUT2D eigenvalue weighted by atomic mass is 9.93. The van der Waals surface area contributed by atoms with E-state index in [0.29, 0.717) is 5.92 Å². The van der Waals surface area contributed by atoms with Crippen molar-refractivity contribution in [3.8, 4) is 0 Å². The van der Waals surface area contributed by atoms with Gasteiger partial charge >= 0.3 is 0 Å². The van der Waals surface area contributed by atoms with Crippen molar-refractivity contribution in [3.63, 3.8) is 0 Å². The van der Waals surface area contributed by atoms with Gasteiger partial charge in [0.15, 0.2) is 0 Å². The van der Waals surface area contributed by atoms with Gasteiger partial charge in [-0.2, -0.15) is 0 Å². The first-order valence-corrected chi connectivity index (χ1v) is 5.72. The molecule has 0 fully saturated rings. The highest BCUT2D eigenvalue weighted by Crippen LogP contribution is 2.26. The molecule has 2 N–H and O–H groups in total. The van der Waals surface area contributed by atoms with Gasteiger partial charge < -0.3 is 10.6 Å². The van der Waals surface area contributed by atoms with Crippen LogP contribution in [0, 0.1) is 0 Å². The lowest BCUT2D eigenvalue weighted by Gasteiger charge is -2.25. The summed E-state index contributed by atoms with van der Waals surface area (Å²) in [4.78, 5) is 11.6. The monoisotopic (exact) mass is 218 g/mol. The molecule has 0 saturated carbocycles. The van der Waals surface area contributed by atoms with Gasteiger partial charge in [0, 0.05) is 5.69 Å². The van der Waals surface area contributed by atoms with Gasteiger partial charge in [-0.15, -0.1) is 0 Å². The molecule has 1 aromatic carbocycles. The summed E-state index contributed by atoms with van der Waals surface area (Å²) < 4.78 is 0. The van der Waals surface area contributed by atoms with Gasteiger partial charge in [0.05, 0.1) is 6.04 Å². The van der Waals surface area contributed by atoms with Crippen LogP contribution in [-0.4, -0.2) is 19.0 Å². The van der Waals surface area contributed by atoms with E-state index in [1.165, 1.54) is 11.1 Å². The summed E-state index contributed by atoms with van der Waals surface area (Å²) in [5.74, 6) is 0.586. The molecular weight excluding hydrogens is 200 g/mol. The Morgan fingerprint density at radius 2 is 2.19 bits per heavy atom. The van der Waals surface area contributed by atoms with Gasteiger partial charge in [-0.05, 0) is 36.6 Å².